The second-order valence-electron chi connectivity index (χ2n) is 8.37. The van der Waals surface area contributed by atoms with Crippen LogP contribution in [0.4, 0.5) is 5.69 Å². The molecule has 1 aliphatic carbocycles. The monoisotopic (exact) mass is 401 g/mol. The van der Waals surface area contributed by atoms with Crippen LogP contribution in [-0.4, -0.2) is 47.6 Å². The van der Waals surface area contributed by atoms with Crippen molar-refractivity contribution in [2.75, 3.05) is 30.7 Å². The molecular formula is C22H31N3O2S. The highest BCUT2D eigenvalue weighted by molar-refractivity contribution is 7.99. The van der Waals surface area contributed by atoms with Crippen molar-refractivity contribution >= 4 is 29.3 Å². The van der Waals surface area contributed by atoms with Gasteiger partial charge in [-0.15, -0.1) is 11.8 Å². The zero-order valence-electron chi connectivity index (χ0n) is 16.6. The fraction of sp³-hybridized carbons (Fsp3) is 0.636. The number of rotatable bonds is 4. The minimum Gasteiger partial charge on any atom is -0.350 e. The molecule has 0 spiro atoms. The van der Waals surface area contributed by atoms with Crippen molar-refractivity contribution in [3.63, 3.8) is 0 Å². The van der Waals surface area contributed by atoms with Crippen LogP contribution in [0, 0.1) is 0 Å². The molecule has 2 heterocycles. The van der Waals surface area contributed by atoms with Crippen molar-refractivity contribution in [1.29, 1.82) is 0 Å². The average molecular weight is 402 g/mol. The van der Waals surface area contributed by atoms with Crippen molar-refractivity contribution in [1.82, 2.24) is 10.2 Å². The number of fused-ring (bicyclic) bond motifs is 1. The van der Waals surface area contributed by atoms with E-state index in [2.05, 4.69) is 15.5 Å². The molecule has 3 aliphatic rings. The lowest BCUT2D eigenvalue weighted by molar-refractivity contribution is -0.115. The normalized spacial score (nSPS) is 22.6. The van der Waals surface area contributed by atoms with Gasteiger partial charge in [-0.2, -0.15) is 0 Å². The van der Waals surface area contributed by atoms with Crippen LogP contribution in [-0.2, 0) is 4.79 Å². The van der Waals surface area contributed by atoms with Gasteiger partial charge < -0.3 is 10.6 Å². The Labute approximate surface area is 172 Å². The number of nitrogens with zero attached hydrogens (tertiary/aromatic N) is 1. The number of anilines is 1. The summed E-state index contributed by atoms with van der Waals surface area (Å²) in [5.41, 5.74) is 1.53. The Morgan fingerprint density at radius 2 is 1.86 bits per heavy atom. The molecular weight excluding hydrogens is 370 g/mol. The van der Waals surface area contributed by atoms with E-state index in [1.165, 1.54) is 51.4 Å². The summed E-state index contributed by atoms with van der Waals surface area (Å²) in [6, 6.07) is 5.67. The summed E-state index contributed by atoms with van der Waals surface area (Å²) in [5.74, 6) is 0.770. The fourth-order valence-electron chi connectivity index (χ4n) is 4.89. The molecule has 28 heavy (non-hydrogen) atoms. The molecule has 5 nitrogen and oxygen atoms in total. The first kappa shape index (κ1) is 19.8. The summed E-state index contributed by atoms with van der Waals surface area (Å²) in [6.07, 6.45) is 10.6. The lowest BCUT2D eigenvalue weighted by atomic mass is 9.79. The van der Waals surface area contributed by atoms with E-state index in [-0.39, 0.29) is 17.4 Å². The molecule has 0 unspecified atom stereocenters. The van der Waals surface area contributed by atoms with Crippen LogP contribution < -0.4 is 10.6 Å². The van der Waals surface area contributed by atoms with Gasteiger partial charge in [-0.05, 0) is 57.0 Å². The third-order valence-electron chi connectivity index (χ3n) is 6.49. The Bertz CT molecular complexity index is 724. The molecule has 1 saturated carbocycles. The fourth-order valence-corrected chi connectivity index (χ4v) is 5.83. The Morgan fingerprint density at radius 3 is 2.64 bits per heavy atom. The smallest absolute Gasteiger partial charge is 0.251 e. The van der Waals surface area contributed by atoms with E-state index in [0.29, 0.717) is 12.0 Å². The molecule has 0 atom stereocenters. The van der Waals surface area contributed by atoms with E-state index in [1.54, 1.807) is 11.8 Å². The number of thioether (sulfide) groups is 1. The number of benzene rings is 1. The highest BCUT2D eigenvalue weighted by atomic mass is 32.2. The Hall–Kier alpha value is -1.53. The van der Waals surface area contributed by atoms with Crippen LogP contribution in [0.1, 0.15) is 68.1 Å². The van der Waals surface area contributed by atoms with Crippen LogP contribution in [0.15, 0.2) is 23.1 Å². The quantitative estimate of drug-likeness (QED) is 0.799. The first-order valence-corrected chi connectivity index (χ1v) is 11.7. The molecule has 2 amide bonds. The van der Waals surface area contributed by atoms with Gasteiger partial charge in [0.05, 0.1) is 5.69 Å². The van der Waals surface area contributed by atoms with E-state index in [9.17, 15) is 9.59 Å². The van der Waals surface area contributed by atoms with Gasteiger partial charge in [-0.3, -0.25) is 14.5 Å². The number of piperidine rings is 1. The number of amides is 2. The maximum atomic E-state index is 12.9. The minimum absolute atomic E-state index is 0.0232. The van der Waals surface area contributed by atoms with E-state index in [4.69, 9.17) is 0 Å². The standard InChI is InChI=1S/C22H31N3O2S/c26-20-9-14-28-19-8-7-17(15-18(19)24-20)21(27)23-16-22(10-3-1-4-11-22)25-12-5-2-6-13-25/h7-8,15H,1-6,9-14,16H2,(H,23,27)(H,24,26). The summed E-state index contributed by atoms with van der Waals surface area (Å²) in [6.45, 7) is 3.06. The lowest BCUT2D eigenvalue weighted by Crippen LogP contribution is -2.58. The molecule has 0 bridgehead atoms. The summed E-state index contributed by atoms with van der Waals surface area (Å²) in [7, 11) is 0. The zero-order chi connectivity index (χ0) is 19.4. The number of carbonyl (C=O) groups is 2. The van der Waals surface area contributed by atoms with Gasteiger partial charge in [0.25, 0.3) is 5.91 Å². The number of nitrogens with one attached hydrogen (secondary N) is 2. The summed E-state index contributed by atoms with van der Waals surface area (Å²) in [5, 5.41) is 6.17. The number of hydrogen-bond donors (Lipinski definition) is 2. The summed E-state index contributed by atoms with van der Waals surface area (Å²) in [4.78, 5) is 28.5. The van der Waals surface area contributed by atoms with Gasteiger partial charge in [0.15, 0.2) is 0 Å². The third-order valence-corrected chi connectivity index (χ3v) is 7.57. The van der Waals surface area contributed by atoms with Crippen LogP contribution in [0.25, 0.3) is 0 Å². The molecule has 2 aliphatic heterocycles. The van der Waals surface area contributed by atoms with Gasteiger partial charge in [-0.25, -0.2) is 0 Å². The van der Waals surface area contributed by atoms with Gasteiger partial charge in [0.2, 0.25) is 5.91 Å². The van der Waals surface area contributed by atoms with Crippen LogP contribution in [0.5, 0.6) is 0 Å². The number of hydrogen-bond acceptors (Lipinski definition) is 4. The second-order valence-corrected chi connectivity index (χ2v) is 9.51. The third kappa shape index (κ3) is 4.38. The number of likely N-dealkylation sites (tertiary alicyclic amines) is 1. The van der Waals surface area contributed by atoms with Gasteiger partial charge in [0, 0.05) is 34.7 Å². The molecule has 2 fully saturated rings. The van der Waals surface area contributed by atoms with Crippen molar-refractivity contribution in [2.24, 2.45) is 0 Å². The predicted octanol–water partition coefficient (Wildman–Crippen LogP) is 4.04. The summed E-state index contributed by atoms with van der Waals surface area (Å²) >= 11 is 1.67. The first-order valence-electron chi connectivity index (χ1n) is 10.8. The van der Waals surface area contributed by atoms with Crippen LogP contribution >= 0.6 is 11.8 Å². The highest BCUT2D eigenvalue weighted by Gasteiger charge is 2.38. The highest BCUT2D eigenvalue weighted by Crippen LogP contribution is 2.35. The van der Waals surface area contributed by atoms with Crippen molar-refractivity contribution in [2.45, 2.75) is 68.2 Å². The van der Waals surface area contributed by atoms with Gasteiger partial charge >= 0.3 is 0 Å². The average Bonchev–Trinajstić information content (AvgIpc) is 2.93. The van der Waals surface area contributed by atoms with Gasteiger partial charge in [-0.1, -0.05) is 25.7 Å². The molecule has 152 valence electrons. The molecule has 1 saturated heterocycles. The molecule has 0 aromatic heterocycles. The molecule has 1 aromatic rings. The van der Waals surface area contributed by atoms with Crippen molar-refractivity contribution in [3.8, 4) is 0 Å². The number of carbonyl (C=O) groups excluding carboxylic acids is 2. The zero-order valence-corrected chi connectivity index (χ0v) is 17.4. The predicted molar refractivity (Wildman–Crippen MR) is 114 cm³/mol. The largest absolute Gasteiger partial charge is 0.350 e. The Kier molecular flexibility index (Phi) is 6.26. The van der Waals surface area contributed by atoms with E-state index in [0.717, 1.165) is 36.0 Å². The maximum absolute atomic E-state index is 12.9. The molecule has 1 aromatic carbocycles. The first-order chi connectivity index (χ1) is 13.7. The molecule has 0 radical (unpaired) electrons. The van der Waals surface area contributed by atoms with E-state index >= 15 is 0 Å². The van der Waals surface area contributed by atoms with Crippen molar-refractivity contribution in [3.05, 3.63) is 23.8 Å². The van der Waals surface area contributed by atoms with Crippen LogP contribution in [0.3, 0.4) is 0 Å². The Morgan fingerprint density at radius 1 is 1.11 bits per heavy atom. The molecule has 2 N–H and O–H groups in total. The van der Waals surface area contributed by atoms with Crippen LogP contribution in [0.2, 0.25) is 0 Å². The lowest BCUT2D eigenvalue weighted by Gasteiger charge is -2.48. The SMILES string of the molecule is O=C1CCSc2ccc(C(=O)NCC3(N4CCCCC4)CCCCC3)cc2N1. The topological polar surface area (TPSA) is 61.4 Å². The van der Waals surface area contributed by atoms with E-state index in [1.807, 2.05) is 18.2 Å². The molecule has 4 rings (SSSR count). The second kappa shape index (κ2) is 8.87. The maximum Gasteiger partial charge on any atom is 0.251 e. The molecule has 6 heteroatoms. The summed E-state index contributed by atoms with van der Waals surface area (Å²) < 4.78 is 0. The Balaban J connectivity index is 1.45. The minimum atomic E-state index is -0.0340. The van der Waals surface area contributed by atoms with Gasteiger partial charge in [0.1, 0.15) is 0 Å². The van der Waals surface area contributed by atoms with Crippen molar-refractivity contribution < 1.29 is 9.59 Å². The van der Waals surface area contributed by atoms with E-state index < -0.39 is 0 Å².